The number of hydrogen-bond acceptors (Lipinski definition) is 6. The molecule has 0 aliphatic carbocycles. The van der Waals surface area contributed by atoms with Crippen LogP contribution in [0.15, 0.2) is 29.6 Å². The summed E-state index contributed by atoms with van der Waals surface area (Å²) >= 11 is 1.43. The quantitative estimate of drug-likeness (QED) is 0.850. The number of nitrogens with zero attached hydrogens (tertiary/aromatic N) is 2. The van der Waals surface area contributed by atoms with E-state index in [0.29, 0.717) is 38.2 Å². The minimum Gasteiger partial charge on any atom is -0.497 e. The highest BCUT2D eigenvalue weighted by atomic mass is 32.1. The maximum atomic E-state index is 12.5. The minimum absolute atomic E-state index is 0.0364. The molecule has 1 aliphatic heterocycles. The number of thiazole rings is 1. The van der Waals surface area contributed by atoms with Gasteiger partial charge in [-0.3, -0.25) is 4.79 Å². The van der Waals surface area contributed by atoms with Crippen molar-refractivity contribution < 1.29 is 19.1 Å². The monoisotopic (exact) mass is 389 g/mol. The molecule has 7 nitrogen and oxygen atoms in total. The van der Waals surface area contributed by atoms with Gasteiger partial charge in [-0.1, -0.05) is 0 Å². The van der Waals surface area contributed by atoms with Crippen molar-refractivity contribution in [3.05, 3.63) is 35.3 Å². The Hall–Kier alpha value is -2.61. The van der Waals surface area contributed by atoms with E-state index in [1.165, 1.54) is 11.3 Å². The Balaban J connectivity index is 1.55. The van der Waals surface area contributed by atoms with Crippen LogP contribution in [0.3, 0.4) is 0 Å². The number of likely N-dealkylation sites (tertiary alicyclic amines) is 1. The molecule has 8 heteroatoms. The zero-order valence-corrected chi connectivity index (χ0v) is 16.3. The van der Waals surface area contributed by atoms with Gasteiger partial charge in [0.1, 0.15) is 16.5 Å². The fraction of sp³-hybridized carbons (Fsp3) is 0.421. The Morgan fingerprint density at radius 3 is 2.59 bits per heavy atom. The Kier molecular flexibility index (Phi) is 6.28. The van der Waals surface area contributed by atoms with E-state index in [1.54, 1.807) is 24.3 Å². The van der Waals surface area contributed by atoms with Gasteiger partial charge in [0, 0.05) is 30.1 Å². The molecular weight excluding hydrogens is 366 g/mol. The number of hydrogen-bond donors (Lipinski definition) is 1. The molecule has 1 N–H and O–H groups in total. The lowest BCUT2D eigenvalue weighted by atomic mass is 10.1. The van der Waals surface area contributed by atoms with Crippen molar-refractivity contribution >= 4 is 23.3 Å². The highest BCUT2D eigenvalue weighted by Gasteiger charge is 2.25. The predicted molar refractivity (Wildman–Crippen MR) is 103 cm³/mol. The molecule has 1 aliphatic rings. The Labute approximate surface area is 162 Å². The van der Waals surface area contributed by atoms with E-state index in [9.17, 15) is 9.59 Å². The molecule has 0 saturated carbocycles. The summed E-state index contributed by atoms with van der Waals surface area (Å²) < 4.78 is 10.2. The third-order valence-corrected chi connectivity index (χ3v) is 5.32. The molecule has 3 rings (SSSR count). The third-order valence-electron chi connectivity index (χ3n) is 4.43. The second-order valence-corrected chi connectivity index (χ2v) is 7.06. The van der Waals surface area contributed by atoms with E-state index in [2.05, 4.69) is 10.3 Å². The first-order valence-corrected chi connectivity index (χ1v) is 9.81. The first-order valence-electron chi connectivity index (χ1n) is 8.93. The first kappa shape index (κ1) is 19.2. The molecule has 144 valence electrons. The van der Waals surface area contributed by atoms with Crippen molar-refractivity contribution in [2.24, 2.45) is 0 Å². The molecule has 0 bridgehead atoms. The van der Waals surface area contributed by atoms with Crippen molar-refractivity contribution in [1.29, 1.82) is 0 Å². The van der Waals surface area contributed by atoms with Crippen LogP contribution in [0.4, 0.5) is 4.79 Å². The standard InChI is InChI=1S/C19H23N3O4S/c1-3-26-19(24)22-10-8-14(9-11-22)20-17(23)16-12-27-18(21-16)13-4-6-15(25-2)7-5-13/h4-7,12,14H,3,8-11H2,1-2H3,(H,20,23). The molecule has 2 heterocycles. The van der Waals surface area contributed by atoms with Crippen LogP contribution in [0, 0.1) is 0 Å². The number of methoxy groups -OCH3 is 1. The Bertz CT molecular complexity index is 783. The molecular formula is C19H23N3O4S. The van der Waals surface area contributed by atoms with Gasteiger partial charge in [-0.05, 0) is 44.0 Å². The smallest absolute Gasteiger partial charge is 0.409 e. The van der Waals surface area contributed by atoms with Crippen molar-refractivity contribution in [3.8, 4) is 16.3 Å². The van der Waals surface area contributed by atoms with Gasteiger partial charge in [-0.25, -0.2) is 9.78 Å². The van der Waals surface area contributed by atoms with Gasteiger partial charge < -0.3 is 19.7 Å². The topological polar surface area (TPSA) is 80.8 Å². The zero-order valence-electron chi connectivity index (χ0n) is 15.4. The van der Waals surface area contributed by atoms with Gasteiger partial charge in [-0.15, -0.1) is 11.3 Å². The summed E-state index contributed by atoms with van der Waals surface area (Å²) in [6, 6.07) is 7.62. The second-order valence-electron chi connectivity index (χ2n) is 6.20. The number of benzene rings is 1. The number of carbonyl (C=O) groups is 2. The average Bonchev–Trinajstić information content (AvgIpc) is 3.19. The van der Waals surface area contributed by atoms with Crippen LogP contribution in [0.2, 0.25) is 0 Å². The Morgan fingerprint density at radius 1 is 1.26 bits per heavy atom. The first-order chi connectivity index (χ1) is 13.1. The second kappa shape index (κ2) is 8.85. The molecule has 1 aromatic carbocycles. The molecule has 1 saturated heterocycles. The highest BCUT2D eigenvalue weighted by Crippen LogP contribution is 2.26. The van der Waals surface area contributed by atoms with Crippen LogP contribution in [-0.4, -0.2) is 54.7 Å². The van der Waals surface area contributed by atoms with E-state index in [0.717, 1.165) is 16.3 Å². The SMILES string of the molecule is CCOC(=O)N1CCC(NC(=O)c2csc(-c3ccc(OC)cc3)n2)CC1. The largest absolute Gasteiger partial charge is 0.497 e. The van der Waals surface area contributed by atoms with Gasteiger partial charge in [-0.2, -0.15) is 0 Å². The van der Waals surface area contributed by atoms with Gasteiger partial charge in [0.2, 0.25) is 0 Å². The lowest BCUT2D eigenvalue weighted by Gasteiger charge is -2.31. The zero-order chi connectivity index (χ0) is 19.2. The average molecular weight is 389 g/mol. The lowest BCUT2D eigenvalue weighted by molar-refractivity contribution is 0.0857. The van der Waals surface area contributed by atoms with E-state index in [1.807, 2.05) is 24.3 Å². The summed E-state index contributed by atoms with van der Waals surface area (Å²) in [5.41, 5.74) is 1.36. The van der Waals surface area contributed by atoms with E-state index in [-0.39, 0.29) is 18.0 Å². The summed E-state index contributed by atoms with van der Waals surface area (Å²) in [6.45, 7) is 3.32. The summed E-state index contributed by atoms with van der Waals surface area (Å²) in [5, 5.41) is 5.57. The Morgan fingerprint density at radius 2 is 1.96 bits per heavy atom. The fourth-order valence-corrected chi connectivity index (χ4v) is 3.73. The van der Waals surface area contributed by atoms with Crippen LogP contribution in [0.5, 0.6) is 5.75 Å². The highest BCUT2D eigenvalue weighted by molar-refractivity contribution is 7.13. The van der Waals surface area contributed by atoms with Crippen LogP contribution in [0.25, 0.3) is 10.6 Å². The molecule has 0 spiro atoms. The van der Waals surface area contributed by atoms with Crippen LogP contribution >= 0.6 is 11.3 Å². The van der Waals surface area contributed by atoms with Gasteiger partial charge >= 0.3 is 6.09 Å². The number of piperidine rings is 1. The number of aromatic nitrogens is 1. The van der Waals surface area contributed by atoms with Crippen LogP contribution < -0.4 is 10.1 Å². The molecule has 1 fully saturated rings. The molecule has 0 atom stereocenters. The lowest BCUT2D eigenvalue weighted by Crippen LogP contribution is -2.46. The van der Waals surface area contributed by atoms with E-state index < -0.39 is 0 Å². The van der Waals surface area contributed by atoms with Crippen LogP contribution in [-0.2, 0) is 4.74 Å². The maximum absolute atomic E-state index is 12.5. The van der Waals surface area contributed by atoms with Gasteiger partial charge in [0.15, 0.2) is 0 Å². The van der Waals surface area contributed by atoms with Crippen molar-refractivity contribution in [3.63, 3.8) is 0 Å². The summed E-state index contributed by atoms with van der Waals surface area (Å²) in [5.74, 6) is 0.600. The predicted octanol–water partition coefficient (Wildman–Crippen LogP) is 3.17. The number of amides is 2. The number of ether oxygens (including phenoxy) is 2. The van der Waals surface area contributed by atoms with E-state index >= 15 is 0 Å². The van der Waals surface area contributed by atoms with Gasteiger partial charge in [0.25, 0.3) is 5.91 Å². The molecule has 1 aromatic heterocycles. The third kappa shape index (κ3) is 4.77. The summed E-state index contributed by atoms with van der Waals surface area (Å²) in [4.78, 5) is 30.3. The molecule has 2 amide bonds. The molecule has 2 aromatic rings. The maximum Gasteiger partial charge on any atom is 0.409 e. The normalized spacial score (nSPS) is 14.7. The number of nitrogens with one attached hydrogen (secondary N) is 1. The fourth-order valence-electron chi connectivity index (χ4n) is 2.92. The molecule has 0 radical (unpaired) electrons. The molecule has 0 unspecified atom stereocenters. The van der Waals surface area contributed by atoms with Crippen molar-refractivity contribution in [2.45, 2.75) is 25.8 Å². The minimum atomic E-state index is -0.286. The number of rotatable bonds is 5. The summed E-state index contributed by atoms with van der Waals surface area (Å²) in [7, 11) is 1.62. The van der Waals surface area contributed by atoms with Crippen LogP contribution in [0.1, 0.15) is 30.3 Å². The summed E-state index contributed by atoms with van der Waals surface area (Å²) in [6.07, 6.45) is 1.13. The number of carbonyl (C=O) groups excluding carboxylic acids is 2. The molecule has 27 heavy (non-hydrogen) atoms. The van der Waals surface area contributed by atoms with Crippen molar-refractivity contribution in [2.75, 3.05) is 26.8 Å². The van der Waals surface area contributed by atoms with Gasteiger partial charge in [0.05, 0.1) is 13.7 Å². The van der Waals surface area contributed by atoms with E-state index in [4.69, 9.17) is 9.47 Å². The van der Waals surface area contributed by atoms with Crippen molar-refractivity contribution in [1.82, 2.24) is 15.2 Å².